The van der Waals surface area contributed by atoms with Gasteiger partial charge in [-0.1, -0.05) is 74.0 Å². The molecule has 0 aliphatic carbocycles. The van der Waals surface area contributed by atoms with Crippen LogP contribution < -0.4 is 16.4 Å². The minimum absolute atomic E-state index is 0.0824. The summed E-state index contributed by atoms with van der Waals surface area (Å²) in [5.74, 6) is -1.09. The Labute approximate surface area is 187 Å². The summed E-state index contributed by atoms with van der Waals surface area (Å²) in [4.78, 5) is 37.0. The number of amides is 3. The molecular formula is C23H28ClN3O4. The summed E-state index contributed by atoms with van der Waals surface area (Å²) in [6, 6.07) is 14.4. The Hall–Kier alpha value is -3.06. The number of rotatable bonds is 10. The van der Waals surface area contributed by atoms with E-state index < -0.39 is 30.0 Å². The fraction of sp³-hybridized carbons (Fsp3) is 0.348. The number of nitrogens with one attached hydrogen (secondary N) is 2. The third kappa shape index (κ3) is 8.30. The average molecular weight is 446 g/mol. The molecule has 2 rings (SSSR count). The highest BCUT2D eigenvalue weighted by molar-refractivity contribution is 6.31. The maximum absolute atomic E-state index is 12.9. The molecule has 0 saturated heterocycles. The Bertz CT molecular complexity index is 889. The molecule has 0 fully saturated rings. The van der Waals surface area contributed by atoms with Crippen molar-refractivity contribution in [3.05, 3.63) is 70.7 Å². The van der Waals surface area contributed by atoms with E-state index in [0.717, 1.165) is 5.56 Å². The lowest BCUT2D eigenvalue weighted by atomic mass is 10.0. The summed E-state index contributed by atoms with van der Waals surface area (Å²) in [6.07, 6.45) is -0.205. The molecule has 0 radical (unpaired) electrons. The molecule has 0 bridgehead atoms. The number of benzene rings is 2. The van der Waals surface area contributed by atoms with Crippen LogP contribution in [-0.2, 0) is 27.4 Å². The van der Waals surface area contributed by atoms with E-state index in [1.165, 1.54) is 0 Å². The normalized spacial score (nSPS) is 12.6. The van der Waals surface area contributed by atoms with Gasteiger partial charge < -0.3 is 21.1 Å². The molecule has 2 aromatic carbocycles. The van der Waals surface area contributed by atoms with E-state index in [2.05, 4.69) is 10.6 Å². The molecule has 0 aliphatic rings. The molecule has 8 heteroatoms. The van der Waals surface area contributed by atoms with Crippen LogP contribution in [-0.4, -0.2) is 30.0 Å². The first kappa shape index (κ1) is 24.2. The van der Waals surface area contributed by atoms with Crippen LogP contribution in [0.5, 0.6) is 0 Å². The summed E-state index contributed by atoms with van der Waals surface area (Å²) in [5, 5.41) is 5.70. The van der Waals surface area contributed by atoms with Gasteiger partial charge in [0, 0.05) is 11.4 Å². The van der Waals surface area contributed by atoms with Crippen molar-refractivity contribution in [3.63, 3.8) is 0 Å². The maximum Gasteiger partial charge on any atom is 0.408 e. The van der Waals surface area contributed by atoms with E-state index in [9.17, 15) is 14.4 Å². The molecule has 0 aliphatic heterocycles. The van der Waals surface area contributed by atoms with Crippen molar-refractivity contribution in [2.24, 2.45) is 11.7 Å². The number of carbonyl (C=O) groups excluding carboxylic acids is 3. The highest BCUT2D eigenvalue weighted by Crippen LogP contribution is 2.17. The topological polar surface area (TPSA) is 111 Å². The standard InChI is InChI=1S/C23H28ClN3O4/c1-15(2)12-20(27-23(30)31-14-16-8-4-3-5-9-16)22(29)26-19(21(25)28)13-17-10-6-7-11-18(17)24/h3-11,15,19-20H,12-14H2,1-2H3,(H2,25,28)(H,26,29)(H,27,30)/t19-,20+/m1/s1. The fourth-order valence-corrected chi connectivity index (χ4v) is 3.20. The first-order valence-electron chi connectivity index (χ1n) is 10.1. The highest BCUT2D eigenvalue weighted by Gasteiger charge is 2.27. The number of hydrogen-bond acceptors (Lipinski definition) is 4. The van der Waals surface area contributed by atoms with E-state index in [0.29, 0.717) is 17.0 Å². The van der Waals surface area contributed by atoms with Gasteiger partial charge in [-0.25, -0.2) is 4.79 Å². The monoisotopic (exact) mass is 445 g/mol. The largest absolute Gasteiger partial charge is 0.445 e. The highest BCUT2D eigenvalue weighted by atomic mass is 35.5. The summed E-state index contributed by atoms with van der Waals surface area (Å²) < 4.78 is 5.21. The van der Waals surface area contributed by atoms with Gasteiger partial charge in [0.15, 0.2) is 0 Å². The molecular weight excluding hydrogens is 418 g/mol. The van der Waals surface area contributed by atoms with E-state index in [1.54, 1.807) is 24.3 Å². The van der Waals surface area contributed by atoms with Gasteiger partial charge >= 0.3 is 6.09 Å². The molecule has 2 aromatic rings. The molecule has 166 valence electrons. The molecule has 7 nitrogen and oxygen atoms in total. The van der Waals surface area contributed by atoms with Gasteiger partial charge in [0.1, 0.15) is 18.7 Å². The smallest absolute Gasteiger partial charge is 0.408 e. The van der Waals surface area contributed by atoms with Crippen LogP contribution in [0.15, 0.2) is 54.6 Å². The van der Waals surface area contributed by atoms with E-state index in [1.807, 2.05) is 44.2 Å². The van der Waals surface area contributed by atoms with E-state index in [4.69, 9.17) is 22.1 Å². The quantitative estimate of drug-likeness (QED) is 0.521. The first-order chi connectivity index (χ1) is 14.8. The van der Waals surface area contributed by atoms with Crippen molar-refractivity contribution in [1.29, 1.82) is 0 Å². The number of hydrogen-bond donors (Lipinski definition) is 3. The molecule has 2 atom stereocenters. The number of carbonyl (C=O) groups is 3. The lowest BCUT2D eigenvalue weighted by Crippen LogP contribution is -2.54. The zero-order valence-electron chi connectivity index (χ0n) is 17.6. The van der Waals surface area contributed by atoms with Crippen LogP contribution >= 0.6 is 11.6 Å². The first-order valence-corrected chi connectivity index (χ1v) is 10.4. The molecule has 0 heterocycles. The molecule has 0 unspecified atom stereocenters. The predicted molar refractivity (Wildman–Crippen MR) is 119 cm³/mol. The van der Waals surface area contributed by atoms with Gasteiger partial charge in [0.25, 0.3) is 0 Å². The van der Waals surface area contributed by atoms with Crippen molar-refractivity contribution in [1.82, 2.24) is 10.6 Å². The Morgan fingerprint density at radius 2 is 1.61 bits per heavy atom. The third-order valence-corrected chi connectivity index (χ3v) is 4.94. The SMILES string of the molecule is CC(C)C[C@H](NC(=O)OCc1ccccc1)C(=O)N[C@H](Cc1ccccc1Cl)C(N)=O. The molecule has 31 heavy (non-hydrogen) atoms. The van der Waals surface area contributed by atoms with Gasteiger partial charge in [0.2, 0.25) is 11.8 Å². The van der Waals surface area contributed by atoms with Crippen molar-refractivity contribution >= 4 is 29.5 Å². The summed E-state index contributed by atoms with van der Waals surface area (Å²) in [5.41, 5.74) is 7.00. The van der Waals surface area contributed by atoms with Crippen LogP contribution in [0, 0.1) is 5.92 Å². The van der Waals surface area contributed by atoms with E-state index in [-0.39, 0.29) is 18.9 Å². The van der Waals surface area contributed by atoms with Crippen molar-refractivity contribution in [2.45, 2.75) is 45.4 Å². The van der Waals surface area contributed by atoms with Crippen LogP contribution in [0.4, 0.5) is 4.79 Å². The second-order valence-corrected chi connectivity index (χ2v) is 8.05. The minimum Gasteiger partial charge on any atom is -0.445 e. The van der Waals surface area contributed by atoms with E-state index >= 15 is 0 Å². The molecule has 4 N–H and O–H groups in total. The van der Waals surface area contributed by atoms with Gasteiger partial charge in [0.05, 0.1) is 0 Å². The van der Waals surface area contributed by atoms with Crippen LogP contribution in [0.2, 0.25) is 5.02 Å². The summed E-state index contributed by atoms with van der Waals surface area (Å²) in [6.45, 7) is 3.93. The number of nitrogens with two attached hydrogens (primary N) is 1. The number of primary amides is 1. The second kappa shape index (κ2) is 12.0. The van der Waals surface area contributed by atoms with Gasteiger partial charge in [-0.15, -0.1) is 0 Å². The van der Waals surface area contributed by atoms with Crippen LogP contribution in [0.3, 0.4) is 0 Å². The lowest BCUT2D eigenvalue weighted by molar-refractivity contribution is -0.128. The van der Waals surface area contributed by atoms with Gasteiger partial charge in [-0.05, 0) is 29.5 Å². The Kier molecular flexibility index (Phi) is 9.34. The Morgan fingerprint density at radius 1 is 0.968 bits per heavy atom. The molecule has 3 amide bonds. The van der Waals surface area contributed by atoms with Gasteiger partial charge in [-0.2, -0.15) is 0 Å². The lowest BCUT2D eigenvalue weighted by Gasteiger charge is -2.23. The summed E-state index contributed by atoms with van der Waals surface area (Å²) >= 11 is 6.16. The zero-order chi connectivity index (χ0) is 22.8. The fourth-order valence-electron chi connectivity index (χ4n) is 2.99. The number of ether oxygens (including phenoxy) is 1. The Morgan fingerprint density at radius 3 is 2.23 bits per heavy atom. The molecule has 0 spiro atoms. The number of halogens is 1. The maximum atomic E-state index is 12.9. The van der Waals surface area contributed by atoms with Crippen molar-refractivity contribution in [3.8, 4) is 0 Å². The summed E-state index contributed by atoms with van der Waals surface area (Å²) in [7, 11) is 0. The number of alkyl carbamates (subject to hydrolysis) is 1. The van der Waals surface area contributed by atoms with Crippen molar-refractivity contribution in [2.75, 3.05) is 0 Å². The van der Waals surface area contributed by atoms with Gasteiger partial charge in [-0.3, -0.25) is 9.59 Å². The van der Waals surface area contributed by atoms with Crippen LogP contribution in [0.25, 0.3) is 0 Å². The minimum atomic E-state index is -0.968. The second-order valence-electron chi connectivity index (χ2n) is 7.65. The average Bonchev–Trinajstić information content (AvgIpc) is 2.73. The molecule has 0 aromatic heterocycles. The molecule has 0 saturated carbocycles. The zero-order valence-corrected chi connectivity index (χ0v) is 18.4. The van der Waals surface area contributed by atoms with Crippen molar-refractivity contribution < 1.29 is 19.1 Å². The Balaban J connectivity index is 2.01. The predicted octanol–water partition coefficient (Wildman–Crippen LogP) is 3.19. The van der Waals surface area contributed by atoms with Crippen LogP contribution in [0.1, 0.15) is 31.4 Å². The third-order valence-electron chi connectivity index (χ3n) is 4.57.